The summed E-state index contributed by atoms with van der Waals surface area (Å²) in [4.78, 5) is 25.0. The molecule has 1 rings (SSSR count). The fourth-order valence-corrected chi connectivity index (χ4v) is 1.37. The third-order valence-corrected chi connectivity index (χ3v) is 2.20. The van der Waals surface area contributed by atoms with Gasteiger partial charge in [0.25, 0.3) is 5.91 Å². The minimum atomic E-state index is -0.302. The van der Waals surface area contributed by atoms with Crippen LogP contribution in [-0.4, -0.2) is 23.5 Å². The zero-order valence-corrected chi connectivity index (χ0v) is 9.32. The van der Waals surface area contributed by atoms with E-state index >= 15 is 0 Å². The highest BCUT2D eigenvalue weighted by molar-refractivity contribution is 5.92. The van der Waals surface area contributed by atoms with E-state index in [-0.39, 0.29) is 23.2 Å². The second-order valence-corrected chi connectivity index (χ2v) is 3.69. The highest BCUT2D eigenvalue weighted by Crippen LogP contribution is 1.93. The van der Waals surface area contributed by atoms with Crippen LogP contribution in [0.2, 0.25) is 0 Å². The number of pyridine rings is 1. The lowest BCUT2D eigenvalue weighted by molar-refractivity contribution is 0.0945. The summed E-state index contributed by atoms with van der Waals surface area (Å²) in [6.07, 6.45) is 1.85. The third kappa shape index (κ3) is 3.86. The number of amides is 1. The summed E-state index contributed by atoms with van der Waals surface area (Å²) in [7, 11) is 0. The molecule has 0 saturated heterocycles. The maximum Gasteiger partial charge on any atom is 0.267 e. The van der Waals surface area contributed by atoms with Crippen molar-refractivity contribution in [3.05, 3.63) is 34.2 Å². The average molecular weight is 223 g/mol. The molecule has 0 aromatic carbocycles. The Morgan fingerprint density at radius 2 is 2.31 bits per heavy atom. The van der Waals surface area contributed by atoms with E-state index in [2.05, 4.69) is 10.3 Å². The fourth-order valence-electron chi connectivity index (χ4n) is 1.37. The molecule has 0 spiro atoms. The largest absolute Gasteiger partial charge is 0.349 e. The molecule has 88 valence electrons. The topological polar surface area (TPSA) is 88.0 Å². The molecule has 0 aliphatic rings. The van der Waals surface area contributed by atoms with Crippen molar-refractivity contribution in [3.63, 3.8) is 0 Å². The van der Waals surface area contributed by atoms with Crippen molar-refractivity contribution in [1.29, 1.82) is 0 Å². The van der Waals surface area contributed by atoms with Gasteiger partial charge >= 0.3 is 0 Å². The van der Waals surface area contributed by atoms with Gasteiger partial charge in [-0.1, -0.05) is 19.4 Å². The van der Waals surface area contributed by atoms with Crippen LogP contribution in [-0.2, 0) is 0 Å². The van der Waals surface area contributed by atoms with Crippen molar-refractivity contribution in [2.45, 2.75) is 25.8 Å². The van der Waals surface area contributed by atoms with E-state index in [0.717, 1.165) is 12.8 Å². The maximum absolute atomic E-state index is 11.6. The van der Waals surface area contributed by atoms with E-state index in [4.69, 9.17) is 5.73 Å². The molecule has 0 aliphatic carbocycles. The Hall–Kier alpha value is -1.62. The number of nitrogens with two attached hydrogens (primary N) is 1. The predicted molar refractivity (Wildman–Crippen MR) is 62.3 cm³/mol. The van der Waals surface area contributed by atoms with Gasteiger partial charge in [0, 0.05) is 18.7 Å². The zero-order chi connectivity index (χ0) is 12.0. The predicted octanol–water partition coefficient (Wildman–Crippen LogP) is 0.232. The van der Waals surface area contributed by atoms with E-state index in [1.54, 1.807) is 12.1 Å². The van der Waals surface area contributed by atoms with Crippen LogP contribution in [0, 0.1) is 0 Å². The fraction of sp³-hybridized carbons (Fsp3) is 0.455. The number of H-pyrrole nitrogens is 1. The number of hydrogen-bond acceptors (Lipinski definition) is 3. The minimum Gasteiger partial charge on any atom is -0.349 e. The normalized spacial score (nSPS) is 12.1. The summed E-state index contributed by atoms with van der Waals surface area (Å²) < 4.78 is 0. The van der Waals surface area contributed by atoms with E-state index < -0.39 is 0 Å². The van der Waals surface area contributed by atoms with E-state index in [0.29, 0.717) is 6.54 Å². The van der Waals surface area contributed by atoms with E-state index in [1.807, 2.05) is 6.92 Å². The van der Waals surface area contributed by atoms with E-state index in [9.17, 15) is 9.59 Å². The number of aromatic nitrogens is 1. The molecule has 1 heterocycles. The van der Waals surface area contributed by atoms with Crippen LogP contribution in [0.4, 0.5) is 0 Å². The Morgan fingerprint density at radius 3 is 2.94 bits per heavy atom. The number of carbonyl (C=O) groups excluding carboxylic acids is 1. The van der Waals surface area contributed by atoms with Gasteiger partial charge in [-0.15, -0.1) is 0 Å². The highest BCUT2D eigenvalue weighted by atomic mass is 16.2. The lowest BCUT2D eigenvalue weighted by atomic mass is 10.2. The Kier molecular flexibility index (Phi) is 4.72. The van der Waals surface area contributed by atoms with Gasteiger partial charge in [0.15, 0.2) is 0 Å². The standard InChI is InChI=1S/C11H17N3O2/c1-2-4-8(12)7-13-11(16)9-5-3-6-10(15)14-9/h3,5-6,8H,2,4,7,12H2,1H3,(H,13,16)(H,14,15). The molecule has 0 bridgehead atoms. The van der Waals surface area contributed by atoms with Crippen LogP contribution in [0.15, 0.2) is 23.0 Å². The molecule has 0 fully saturated rings. The molecule has 1 unspecified atom stereocenters. The summed E-state index contributed by atoms with van der Waals surface area (Å²) in [5.41, 5.74) is 5.73. The molecular weight excluding hydrogens is 206 g/mol. The molecule has 1 aromatic rings. The second-order valence-electron chi connectivity index (χ2n) is 3.69. The lowest BCUT2D eigenvalue weighted by Crippen LogP contribution is -2.37. The Morgan fingerprint density at radius 1 is 1.56 bits per heavy atom. The average Bonchev–Trinajstić information content (AvgIpc) is 2.26. The molecule has 5 nitrogen and oxygen atoms in total. The summed E-state index contributed by atoms with van der Waals surface area (Å²) in [6, 6.07) is 4.42. The molecule has 4 N–H and O–H groups in total. The molecule has 0 aliphatic heterocycles. The zero-order valence-electron chi connectivity index (χ0n) is 9.32. The Bertz CT molecular complexity index is 400. The van der Waals surface area contributed by atoms with Crippen LogP contribution in [0.25, 0.3) is 0 Å². The van der Waals surface area contributed by atoms with Gasteiger partial charge in [0.05, 0.1) is 0 Å². The molecule has 16 heavy (non-hydrogen) atoms. The van der Waals surface area contributed by atoms with Crippen molar-refractivity contribution in [2.75, 3.05) is 6.54 Å². The summed E-state index contributed by atoms with van der Waals surface area (Å²) in [6.45, 7) is 2.46. The number of nitrogens with one attached hydrogen (secondary N) is 2. The lowest BCUT2D eigenvalue weighted by Gasteiger charge is -2.11. The number of rotatable bonds is 5. The van der Waals surface area contributed by atoms with Crippen LogP contribution < -0.4 is 16.6 Å². The summed E-state index contributed by atoms with van der Waals surface area (Å²) >= 11 is 0. The van der Waals surface area contributed by atoms with Gasteiger partial charge in [0.2, 0.25) is 5.56 Å². The van der Waals surface area contributed by atoms with Crippen LogP contribution >= 0.6 is 0 Å². The van der Waals surface area contributed by atoms with Crippen molar-refractivity contribution in [1.82, 2.24) is 10.3 Å². The van der Waals surface area contributed by atoms with Gasteiger partial charge in [-0.05, 0) is 12.5 Å². The van der Waals surface area contributed by atoms with Gasteiger partial charge in [-0.25, -0.2) is 0 Å². The SMILES string of the molecule is CCCC(N)CNC(=O)c1cccc(=O)[nH]1. The molecule has 1 aromatic heterocycles. The number of carbonyl (C=O) groups is 1. The van der Waals surface area contributed by atoms with Crippen molar-refractivity contribution in [3.8, 4) is 0 Å². The minimum absolute atomic E-state index is 0.0376. The second kappa shape index (κ2) is 6.07. The van der Waals surface area contributed by atoms with E-state index in [1.165, 1.54) is 6.07 Å². The summed E-state index contributed by atoms with van der Waals surface area (Å²) in [5, 5.41) is 2.68. The van der Waals surface area contributed by atoms with Crippen LogP contribution in [0.3, 0.4) is 0 Å². The van der Waals surface area contributed by atoms with Gasteiger partial charge in [0.1, 0.15) is 5.69 Å². The first-order valence-electron chi connectivity index (χ1n) is 5.36. The maximum atomic E-state index is 11.6. The molecular formula is C11H17N3O2. The summed E-state index contributed by atoms with van der Waals surface area (Å²) in [5.74, 6) is -0.302. The molecule has 1 amide bonds. The monoisotopic (exact) mass is 223 g/mol. The number of hydrogen-bond donors (Lipinski definition) is 3. The molecule has 1 atom stereocenters. The molecule has 0 saturated carbocycles. The van der Waals surface area contributed by atoms with Gasteiger partial charge in [-0.3, -0.25) is 9.59 Å². The number of aromatic amines is 1. The quantitative estimate of drug-likeness (QED) is 0.667. The van der Waals surface area contributed by atoms with Gasteiger partial charge in [-0.2, -0.15) is 0 Å². The van der Waals surface area contributed by atoms with Crippen molar-refractivity contribution < 1.29 is 4.79 Å². The highest BCUT2D eigenvalue weighted by Gasteiger charge is 2.07. The van der Waals surface area contributed by atoms with Crippen LogP contribution in [0.1, 0.15) is 30.3 Å². The Balaban J connectivity index is 2.50. The first-order valence-corrected chi connectivity index (χ1v) is 5.36. The van der Waals surface area contributed by atoms with Crippen molar-refractivity contribution in [2.24, 2.45) is 5.73 Å². The first kappa shape index (κ1) is 12.4. The van der Waals surface area contributed by atoms with Gasteiger partial charge < -0.3 is 16.0 Å². The van der Waals surface area contributed by atoms with Crippen molar-refractivity contribution >= 4 is 5.91 Å². The van der Waals surface area contributed by atoms with Crippen LogP contribution in [0.5, 0.6) is 0 Å². The first-order chi connectivity index (χ1) is 7.63. The molecule has 5 heteroatoms. The Labute approximate surface area is 94.1 Å². The smallest absolute Gasteiger partial charge is 0.267 e. The third-order valence-electron chi connectivity index (χ3n) is 2.20. The molecule has 0 radical (unpaired) electrons.